The minimum atomic E-state index is -0.593. The lowest BCUT2D eigenvalue weighted by atomic mass is 9.94. The van der Waals surface area contributed by atoms with Crippen molar-refractivity contribution in [1.82, 2.24) is 4.57 Å². The molecule has 1 aromatic heterocycles. The van der Waals surface area contributed by atoms with Crippen molar-refractivity contribution < 1.29 is 19.2 Å². The standard InChI is InChI=1S/C37H34N2O4/c1-3-39-33-19-17-27(35(40)29-16-10-7-11-24(29)2)22-30(33)31-23-28(18-20-34(31)39)36(41)32(21-25-12-8-9-13-25)38-43-37(42)26-14-5-4-6-15-26/h4-7,10-11,14-20,22-23,25H,3,8-9,12-13,21H2,1-2H3/b38-32-. The highest BCUT2D eigenvalue weighted by atomic mass is 16.7. The first-order chi connectivity index (χ1) is 20.9. The number of hydrogen-bond donors (Lipinski definition) is 0. The number of carbonyl (C=O) groups excluding carboxylic acids is 3. The molecule has 1 aliphatic carbocycles. The van der Waals surface area contributed by atoms with Crippen LogP contribution in [0.4, 0.5) is 0 Å². The summed E-state index contributed by atoms with van der Waals surface area (Å²) in [5.41, 5.74) is 5.30. The van der Waals surface area contributed by atoms with E-state index < -0.39 is 5.97 Å². The van der Waals surface area contributed by atoms with Gasteiger partial charge < -0.3 is 9.40 Å². The first-order valence-corrected chi connectivity index (χ1v) is 15.0. The molecular weight excluding hydrogens is 536 g/mol. The van der Waals surface area contributed by atoms with Gasteiger partial charge in [-0.05, 0) is 80.3 Å². The maximum Gasteiger partial charge on any atom is 0.365 e. The molecule has 6 nitrogen and oxygen atoms in total. The van der Waals surface area contributed by atoms with Crippen molar-refractivity contribution >= 4 is 45.1 Å². The topological polar surface area (TPSA) is 77.7 Å². The van der Waals surface area contributed by atoms with Crippen LogP contribution in [0.1, 0.15) is 81.2 Å². The molecule has 0 aliphatic heterocycles. The quantitative estimate of drug-likeness (QED) is 0.0772. The second-order valence-corrected chi connectivity index (χ2v) is 11.3. The normalized spacial score (nSPS) is 14.0. The van der Waals surface area contributed by atoms with Crippen molar-refractivity contribution in [2.75, 3.05) is 0 Å². The molecule has 0 radical (unpaired) electrons. The van der Waals surface area contributed by atoms with E-state index in [2.05, 4.69) is 16.6 Å². The van der Waals surface area contributed by atoms with E-state index in [1.807, 2.05) is 73.7 Å². The molecule has 0 atom stereocenters. The molecule has 0 saturated heterocycles. The van der Waals surface area contributed by atoms with E-state index in [1.165, 1.54) is 0 Å². The molecular formula is C37H34N2O4. The average Bonchev–Trinajstić information content (AvgIpc) is 3.67. The Morgan fingerprint density at radius 2 is 1.42 bits per heavy atom. The second kappa shape index (κ2) is 12.2. The Morgan fingerprint density at radius 1 is 0.791 bits per heavy atom. The molecule has 43 heavy (non-hydrogen) atoms. The summed E-state index contributed by atoms with van der Waals surface area (Å²) in [4.78, 5) is 45.4. The van der Waals surface area contributed by atoms with E-state index in [4.69, 9.17) is 4.84 Å². The van der Waals surface area contributed by atoms with Gasteiger partial charge in [-0.3, -0.25) is 9.59 Å². The van der Waals surface area contributed by atoms with Gasteiger partial charge in [0.1, 0.15) is 5.71 Å². The minimum absolute atomic E-state index is 0.0316. The highest BCUT2D eigenvalue weighted by Gasteiger charge is 2.25. The van der Waals surface area contributed by atoms with Gasteiger partial charge in [-0.25, -0.2) is 4.79 Å². The van der Waals surface area contributed by atoms with Crippen LogP contribution < -0.4 is 0 Å². The molecule has 4 aromatic carbocycles. The van der Waals surface area contributed by atoms with Crippen molar-refractivity contribution in [3.05, 3.63) is 119 Å². The molecule has 6 rings (SSSR count). The van der Waals surface area contributed by atoms with Crippen molar-refractivity contribution in [2.24, 2.45) is 11.1 Å². The van der Waals surface area contributed by atoms with Crippen LogP contribution in [0.15, 0.2) is 96.2 Å². The summed E-state index contributed by atoms with van der Waals surface area (Å²) < 4.78 is 2.19. The fraction of sp³-hybridized carbons (Fsp3) is 0.243. The van der Waals surface area contributed by atoms with Gasteiger partial charge >= 0.3 is 5.97 Å². The van der Waals surface area contributed by atoms with Gasteiger partial charge in [0, 0.05) is 45.0 Å². The summed E-state index contributed by atoms with van der Waals surface area (Å²) in [5.74, 6) is -0.543. The smallest absolute Gasteiger partial charge is 0.341 e. The number of oxime groups is 1. The largest absolute Gasteiger partial charge is 0.365 e. The summed E-state index contributed by atoms with van der Waals surface area (Å²) in [5, 5.41) is 5.96. The van der Waals surface area contributed by atoms with Crippen LogP contribution in [0, 0.1) is 12.8 Å². The maximum absolute atomic E-state index is 14.0. The van der Waals surface area contributed by atoms with Crippen LogP contribution in [0.25, 0.3) is 21.8 Å². The Labute approximate surface area is 251 Å². The summed E-state index contributed by atoms with van der Waals surface area (Å²) in [6.07, 6.45) is 4.77. The molecule has 0 unspecified atom stereocenters. The monoisotopic (exact) mass is 570 g/mol. The molecule has 0 bridgehead atoms. The summed E-state index contributed by atoms with van der Waals surface area (Å²) in [7, 11) is 0. The van der Waals surface area contributed by atoms with Gasteiger partial charge in [0.2, 0.25) is 5.78 Å². The van der Waals surface area contributed by atoms with Gasteiger partial charge in [-0.1, -0.05) is 73.3 Å². The SMILES string of the molecule is CCn1c2ccc(C(=O)/C(CC3CCCC3)=N\OC(=O)c3ccccc3)cc2c2cc(C(=O)c3ccccc3C)ccc21. The first-order valence-electron chi connectivity index (χ1n) is 15.0. The predicted molar refractivity (Wildman–Crippen MR) is 170 cm³/mol. The van der Waals surface area contributed by atoms with Crippen LogP contribution in [0.2, 0.25) is 0 Å². The molecule has 1 saturated carbocycles. The van der Waals surface area contributed by atoms with E-state index >= 15 is 0 Å². The second-order valence-electron chi connectivity index (χ2n) is 11.3. The van der Waals surface area contributed by atoms with Crippen molar-refractivity contribution in [2.45, 2.75) is 52.5 Å². The van der Waals surface area contributed by atoms with Gasteiger partial charge in [0.05, 0.1) is 5.56 Å². The zero-order valence-corrected chi connectivity index (χ0v) is 24.5. The molecule has 1 aliphatic rings. The Hall–Kier alpha value is -4.84. The molecule has 1 fully saturated rings. The number of fused-ring (bicyclic) bond motifs is 3. The average molecular weight is 571 g/mol. The van der Waals surface area contributed by atoms with E-state index in [-0.39, 0.29) is 17.3 Å². The highest BCUT2D eigenvalue weighted by Crippen LogP contribution is 2.33. The van der Waals surface area contributed by atoms with Crippen LogP contribution in [0.3, 0.4) is 0 Å². The first kappa shape index (κ1) is 28.3. The lowest BCUT2D eigenvalue weighted by Crippen LogP contribution is -2.19. The number of Topliss-reactive ketones (excluding diaryl/α,β-unsaturated/α-hetero) is 1. The summed E-state index contributed by atoms with van der Waals surface area (Å²) >= 11 is 0. The van der Waals surface area contributed by atoms with Crippen LogP contribution in [0.5, 0.6) is 0 Å². The zero-order valence-electron chi connectivity index (χ0n) is 24.5. The number of ketones is 2. The number of hydrogen-bond acceptors (Lipinski definition) is 5. The third kappa shape index (κ3) is 5.65. The fourth-order valence-corrected chi connectivity index (χ4v) is 6.26. The predicted octanol–water partition coefficient (Wildman–Crippen LogP) is 8.33. The van der Waals surface area contributed by atoms with E-state index in [1.54, 1.807) is 24.3 Å². The Balaban J connectivity index is 1.39. The zero-order chi connectivity index (χ0) is 29.9. The molecule has 5 aromatic rings. The Bertz CT molecular complexity index is 1880. The summed E-state index contributed by atoms with van der Waals surface area (Å²) in [6, 6.07) is 27.7. The van der Waals surface area contributed by atoms with Crippen molar-refractivity contribution in [3.63, 3.8) is 0 Å². The van der Waals surface area contributed by atoms with Crippen LogP contribution in [-0.2, 0) is 11.4 Å². The maximum atomic E-state index is 14.0. The number of aromatic nitrogens is 1. The van der Waals surface area contributed by atoms with Crippen molar-refractivity contribution in [3.8, 4) is 0 Å². The highest BCUT2D eigenvalue weighted by molar-refractivity contribution is 6.46. The molecule has 6 heteroatoms. The molecule has 0 spiro atoms. The molecule has 1 heterocycles. The van der Waals surface area contributed by atoms with E-state index in [0.717, 1.165) is 59.6 Å². The van der Waals surface area contributed by atoms with E-state index in [9.17, 15) is 14.4 Å². The third-order valence-electron chi connectivity index (χ3n) is 8.56. The van der Waals surface area contributed by atoms with Gasteiger partial charge in [-0.15, -0.1) is 0 Å². The van der Waals surface area contributed by atoms with Crippen LogP contribution in [-0.4, -0.2) is 27.8 Å². The number of nitrogens with zero attached hydrogens (tertiary/aromatic N) is 2. The van der Waals surface area contributed by atoms with Crippen molar-refractivity contribution in [1.29, 1.82) is 0 Å². The van der Waals surface area contributed by atoms with Gasteiger partial charge in [0.25, 0.3) is 0 Å². The number of aryl methyl sites for hydroxylation is 2. The fourth-order valence-electron chi connectivity index (χ4n) is 6.26. The Morgan fingerprint density at radius 3 is 2.09 bits per heavy atom. The molecule has 216 valence electrons. The lowest BCUT2D eigenvalue weighted by Gasteiger charge is -2.11. The minimum Gasteiger partial charge on any atom is -0.341 e. The number of benzene rings is 4. The Kier molecular flexibility index (Phi) is 8.01. The lowest BCUT2D eigenvalue weighted by molar-refractivity contribution is 0.0514. The van der Waals surface area contributed by atoms with E-state index in [0.29, 0.717) is 34.6 Å². The third-order valence-corrected chi connectivity index (χ3v) is 8.56. The molecule has 0 N–H and O–H groups in total. The number of rotatable bonds is 9. The van der Waals surface area contributed by atoms with Gasteiger partial charge in [-0.2, -0.15) is 0 Å². The molecule has 0 amide bonds. The van der Waals surface area contributed by atoms with Gasteiger partial charge in [0.15, 0.2) is 5.78 Å². The number of carbonyl (C=O) groups is 3. The van der Waals surface area contributed by atoms with Crippen LogP contribution >= 0.6 is 0 Å². The summed E-state index contributed by atoms with van der Waals surface area (Å²) in [6.45, 7) is 4.76.